The van der Waals surface area contributed by atoms with E-state index in [4.69, 9.17) is 5.11 Å². The average Bonchev–Trinajstić information content (AvgIpc) is 2.61. The Bertz CT molecular complexity index is 532. The van der Waals surface area contributed by atoms with Crippen molar-refractivity contribution in [2.24, 2.45) is 0 Å². The minimum Gasteiger partial charge on any atom is -0.475 e. The van der Waals surface area contributed by atoms with Gasteiger partial charge in [0.25, 0.3) is 0 Å². The van der Waals surface area contributed by atoms with Crippen LogP contribution in [0.2, 0.25) is 0 Å². The molecule has 0 aliphatic rings. The summed E-state index contributed by atoms with van der Waals surface area (Å²) in [7, 11) is 0. The van der Waals surface area contributed by atoms with E-state index in [-0.39, 0.29) is 5.82 Å². The minimum absolute atomic E-state index is 0.104. The van der Waals surface area contributed by atoms with Crippen molar-refractivity contribution >= 4 is 11.6 Å². The molecular formula is C9H10N4O2. The molecule has 0 unspecified atom stereocenters. The molecule has 6 nitrogen and oxygen atoms in total. The number of hydrogen-bond donors (Lipinski definition) is 1. The third kappa shape index (κ3) is 1.34. The second-order valence-electron chi connectivity index (χ2n) is 3.18. The SMILES string of the molecule is CCc1c(C)ncn2c(C(=O)O)nnc12. The highest BCUT2D eigenvalue weighted by molar-refractivity contribution is 5.84. The van der Waals surface area contributed by atoms with Crippen LogP contribution in [0.1, 0.15) is 28.8 Å². The largest absolute Gasteiger partial charge is 0.475 e. The number of carboxylic acid groups (broad SMARTS) is 1. The van der Waals surface area contributed by atoms with Crippen LogP contribution in [-0.2, 0) is 6.42 Å². The van der Waals surface area contributed by atoms with Gasteiger partial charge in [0.05, 0.1) is 0 Å². The second-order valence-corrected chi connectivity index (χ2v) is 3.18. The van der Waals surface area contributed by atoms with Gasteiger partial charge < -0.3 is 5.11 Å². The fourth-order valence-corrected chi connectivity index (χ4v) is 1.55. The summed E-state index contributed by atoms with van der Waals surface area (Å²) in [6, 6.07) is 0. The molecule has 0 radical (unpaired) electrons. The van der Waals surface area contributed by atoms with Crippen LogP contribution >= 0.6 is 0 Å². The van der Waals surface area contributed by atoms with Crippen molar-refractivity contribution in [2.45, 2.75) is 20.3 Å². The van der Waals surface area contributed by atoms with Crippen LogP contribution in [0, 0.1) is 6.92 Å². The van der Waals surface area contributed by atoms with E-state index in [1.807, 2.05) is 13.8 Å². The van der Waals surface area contributed by atoms with Gasteiger partial charge in [0.15, 0.2) is 5.65 Å². The number of hydrogen-bond acceptors (Lipinski definition) is 4. The van der Waals surface area contributed by atoms with E-state index >= 15 is 0 Å². The van der Waals surface area contributed by atoms with E-state index in [2.05, 4.69) is 15.2 Å². The zero-order chi connectivity index (χ0) is 11.0. The molecule has 2 aromatic rings. The maximum absolute atomic E-state index is 10.8. The molecule has 2 aromatic heterocycles. The first-order chi connectivity index (χ1) is 7.15. The van der Waals surface area contributed by atoms with Crippen LogP contribution in [0.4, 0.5) is 0 Å². The molecule has 0 saturated carbocycles. The predicted octanol–water partition coefficient (Wildman–Crippen LogP) is 0.693. The summed E-state index contributed by atoms with van der Waals surface area (Å²) >= 11 is 0. The molecule has 0 bridgehead atoms. The van der Waals surface area contributed by atoms with E-state index in [1.165, 1.54) is 10.7 Å². The van der Waals surface area contributed by atoms with Crippen LogP contribution in [0.15, 0.2) is 6.33 Å². The number of rotatable bonds is 2. The molecule has 0 aromatic carbocycles. The number of aryl methyl sites for hydroxylation is 2. The molecule has 1 N–H and O–H groups in total. The number of carbonyl (C=O) groups is 1. The number of nitrogens with zero attached hydrogens (tertiary/aromatic N) is 4. The Labute approximate surface area is 85.6 Å². The van der Waals surface area contributed by atoms with Crippen LogP contribution in [0.5, 0.6) is 0 Å². The lowest BCUT2D eigenvalue weighted by Crippen LogP contribution is -2.05. The van der Waals surface area contributed by atoms with Crippen molar-refractivity contribution < 1.29 is 9.90 Å². The molecular weight excluding hydrogens is 196 g/mol. The topological polar surface area (TPSA) is 80.4 Å². The maximum atomic E-state index is 10.8. The fraction of sp³-hybridized carbons (Fsp3) is 0.333. The van der Waals surface area contributed by atoms with Crippen molar-refractivity contribution in [1.82, 2.24) is 19.6 Å². The van der Waals surface area contributed by atoms with Gasteiger partial charge >= 0.3 is 5.97 Å². The van der Waals surface area contributed by atoms with Crippen molar-refractivity contribution in [3.8, 4) is 0 Å². The van der Waals surface area contributed by atoms with Crippen LogP contribution in [0.25, 0.3) is 5.65 Å². The number of carboxylic acids is 1. The first-order valence-electron chi connectivity index (χ1n) is 4.57. The smallest absolute Gasteiger partial charge is 0.374 e. The Kier molecular flexibility index (Phi) is 2.11. The highest BCUT2D eigenvalue weighted by atomic mass is 16.4. The maximum Gasteiger partial charge on any atom is 0.374 e. The lowest BCUT2D eigenvalue weighted by atomic mass is 10.2. The van der Waals surface area contributed by atoms with E-state index in [9.17, 15) is 4.79 Å². The summed E-state index contributed by atoms with van der Waals surface area (Å²) in [5, 5.41) is 16.3. The van der Waals surface area contributed by atoms with Crippen LogP contribution in [0.3, 0.4) is 0 Å². The Morgan fingerprint density at radius 1 is 1.53 bits per heavy atom. The normalized spacial score (nSPS) is 10.8. The highest BCUT2D eigenvalue weighted by Crippen LogP contribution is 2.13. The molecule has 0 fully saturated rings. The molecule has 2 rings (SSSR count). The number of aromatic carboxylic acids is 1. The summed E-state index contributed by atoms with van der Waals surface area (Å²) in [6.45, 7) is 3.84. The second kappa shape index (κ2) is 3.30. The molecule has 0 aliphatic carbocycles. The number of aromatic nitrogens is 4. The lowest BCUT2D eigenvalue weighted by Gasteiger charge is -2.02. The summed E-state index contributed by atoms with van der Waals surface area (Å²) in [4.78, 5) is 14.9. The predicted molar refractivity (Wildman–Crippen MR) is 51.9 cm³/mol. The minimum atomic E-state index is -1.10. The summed E-state index contributed by atoms with van der Waals surface area (Å²) in [5.74, 6) is -1.21. The third-order valence-electron chi connectivity index (χ3n) is 2.31. The fourth-order valence-electron chi connectivity index (χ4n) is 1.55. The highest BCUT2D eigenvalue weighted by Gasteiger charge is 2.15. The van der Waals surface area contributed by atoms with Crippen molar-refractivity contribution in [1.29, 1.82) is 0 Å². The van der Waals surface area contributed by atoms with Gasteiger partial charge in [-0.2, -0.15) is 0 Å². The monoisotopic (exact) mass is 206 g/mol. The summed E-state index contributed by atoms with van der Waals surface area (Å²) in [6.07, 6.45) is 2.19. The summed E-state index contributed by atoms with van der Waals surface area (Å²) in [5.41, 5.74) is 2.36. The molecule has 6 heteroatoms. The molecule has 15 heavy (non-hydrogen) atoms. The van der Waals surface area contributed by atoms with Gasteiger partial charge in [-0.05, 0) is 13.3 Å². The quantitative estimate of drug-likeness (QED) is 0.782. The molecule has 0 atom stereocenters. The van der Waals surface area contributed by atoms with Gasteiger partial charge in [-0.1, -0.05) is 6.92 Å². The molecule has 2 heterocycles. The van der Waals surface area contributed by atoms with Gasteiger partial charge in [0, 0.05) is 11.3 Å². The van der Waals surface area contributed by atoms with Crippen molar-refractivity contribution in [3.05, 3.63) is 23.4 Å². The van der Waals surface area contributed by atoms with Gasteiger partial charge in [-0.15, -0.1) is 10.2 Å². The molecule has 0 amide bonds. The molecule has 0 saturated heterocycles. The van der Waals surface area contributed by atoms with E-state index in [0.717, 1.165) is 17.7 Å². The molecule has 78 valence electrons. The standard InChI is InChI=1S/C9H10N4O2/c1-3-6-5(2)10-4-13-7(6)11-12-8(13)9(14)15/h4H,3H2,1-2H3,(H,14,15). The first-order valence-corrected chi connectivity index (χ1v) is 4.57. The van der Waals surface area contributed by atoms with Gasteiger partial charge in [0.1, 0.15) is 6.33 Å². The van der Waals surface area contributed by atoms with Crippen LogP contribution < -0.4 is 0 Å². The van der Waals surface area contributed by atoms with Crippen molar-refractivity contribution in [2.75, 3.05) is 0 Å². The Morgan fingerprint density at radius 2 is 2.27 bits per heavy atom. The van der Waals surface area contributed by atoms with Gasteiger partial charge in [0.2, 0.25) is 5.82 Å². The Hall–Kier alpha value is -1.98. The first kappa shape index (κ1) is 9.57. The van der Waals surface area contributed by atoms with Gasteiger partial charge in [-0.25, -0.2) is 9.78 Å². The van der Waals surface area contributed by atoms with Crippen LogP contribution in [-0.4, -0.2) is 30.7 Å². The Balaban J connectivity index is 2.80. The van der Waals surface area contributed by atoms with Crippen molar-refractivity contribution in [3.63, 3.8) is 0 Å². The molecule has 0 spiro atoms. The summed E-state index contributed by atoms with van der Waals surface area (Å²) < 4.78 is 1.40. The van der Waals surface area contributed by atoms with Gasteiger partial charge in [-0.3, -0.25) is 4.40 Å². The lowest BCUT2D eigenvalue weighted by molar-refractivity contribution is 0.0682. The zero-order valence-corrected chi connectivity index (χ0v) is 8.43. The molecule has 0 aliphatic heterocycles. The van der Waals surface area contributed by atoms with E-state index in [1.54, 1.807) is 0 Å². The Morgan fingerprint density at radius 3 is 2.87 bits per heavy atom. The van der Waals surface area contributed by atoms with E-state index in [0.29, 0.717) is 5.65 Å². The average molecular weight is 206 g/mol. The number of fused-ring (bicyclic) bond motifs is 1. The van der Waals surface area contributed by atoms with E-state index < -0.39 is 5.97 Å². The zero-order valence-electron chi connectivity index (χ0n) is 8.43. The third-order valence-corrected chi connectivity index (χ3v) is 2.31.